The second-order valence-corrected chi connectivity index (χ2v) is 5.78. The number of hydrogen-bond acceptors (Lipinski definition) is 5. The van der Waals surface area contributed by atoms with E-state index in [1.54, 1.807) is 6.92 Å². The van der Waals surface area contributed by atoms with Gasteiger partial charge < -0.3 is 14.6 Å². The molecular formula is C16H26NO5+. The first-order valence-electron chi connectivity index (χ1n) is 6.91. The summed E-state index contributed by atoms with van der Waals surface area (Å²) in [5, 5.41) is 9.70. The van der Waals surface area contributed by atoms with E-state index in [2.05, 4.69) is 13.2 Å². The Morgan fingerprint density at radius 3 is 2.36 bits per heavy atom. The van der Waals surface area contributed by atoms with Crippen molar-refractivity contribution in [3.63, 3.8) is 0 Å². The van der Waals surface area contributed by atoms with E-state index in [1.165, 1.54) is 18.2 Å². The molecular weight excluding hydrogens is 286 g/mol. The van der Waals surface area contributed by atoms with Crippen molar-refractivity contribution >= 4 is 11.9 Å². The molecule has 0 heterocycles. The van der Waals surface area contributed by atoms with Crippen molar-refractivity contribution in [2.75, 3.05) is 27.7 Å². The van der Waals surface area contributed by atoms with Crippen LogP contribution in [0.2, 0.25) is 0 Å². The van der Waals surface area contributed by atoms with E-state index in [0.29, 0.717) is 0 Å². The third-order valence-electron chi connectivity index (χ3n) is 2.65. The molecule has 0 spiro atoms. The smallest absolute Gasteiger partial charge is 0.338 e. The summed E-state index contributed by atoms with van der Waals surface area (Å²) in [6, 6.07) is 0. The molecule has 0 fully saturated rings. The molecule has 2 unspecified atom stereocenters. The number of esters is 2. The molecule has 22 heavy (non-hydrogen) atoms. The molecule has 0 radical (unpaired) electrons. The molecule has 0 bridgehead atoms. The van der Waals surface area contributed by atoms with Gasteiger partial charge in [0.05, 0.1) is 21.1 Å². The van der Waals surface area contributed by atoms with Gasteiger partial charge in [-0.3, -0.25) is 4.48 Å². The van der Waals surface area contributed by atoms with E-state index >= 15 is 0 Å². The SMILES string of the molecule is C=CCOC(=O)C=CCC(=C)C(=O)OC(C(C)O)[N+](C)(C)C. The summed E-state index contributed by atoms with van der Waals surface area (Å²) < 4.78 is 10.3. The van der Waals surface area contributed by atoms with Crippen LogP contribution in [0.1, 0.15) is 13.3 Å². The molecule has 6 heteroatoms. The summed E-state index contributed by atoms with van der Waals surface area (Å²) in [5.74, 6) is -1.13. The van der Waals surface area contributed by atoms with Crippen molar-refractivity contribution < 1.29 is 28.7 Å². The number of aliphatic hydroxyl groups is 1. The lowest BCUT2D eigenvalue weighted by atomic mass is 10.2. The van der Waals surface area contributed by atoms with Crippen LogP contribution < -0.4 is 0 Å². The molecule has 0 aliphatic heterocycles. The highest BCUT2D eigenvalue weighted by atomic mass is 16.6. The predicted octanol–water partition coefficient (Wildman–Crippen LogP) is 1.17. The molecule has 0 aliphatic carbocycles. The van der Waals surface area contributed by atoms with Gasteiger partial charge in [0.1, 0.15) is 12.7 Å². The topological polar surface area (TPSA) is 72.8 Å². The molecule has 0 saturated heterocycles. The number of rotatable bonds is 9. The number of carbonyl (C=O) groups excluding carboxylic acids is 2. The van der Waals surface area contributed by atoms with Crippen LogP contribution in [-0.2, 0) is 19.1 Å². The number of likely N-dealkylation sites (N-methyl/N-ethyl adjacent to an activating group) is 1. The van der Waals surface area contributed by atoms with Gasteiger partial charge in [-0.05, 0) is 13.3 Å². The van der Waals surface area contributed by atoms with Gasteiger partial charge in [-0.15, -0.1) is 0 Å². The molecule has 0 aromatic carbocycles. The summed E-state index contributed by atoms with van der Waals surface area (Å²) in [7, 11) is 5.43. The van der Waals surface area contributed by atoms with Crippen LogP contribution in [0.3, 0.4) is 0 Å². The van der Waals surface area contributed by atoms with Gasteiger partial charge >= 0.3 is 11.9 Å². The van der Waals surface area contributed by atoms with E-state index in [4.69, 9.17) is 9.47 Å². The van der Waals surface area contributed by atoms with Crippen molar-refractivity contribution in [2.24, 2.45) is 0 Å². The van der Waals surface area contributed by atoms with E-state index in [9.17, 15) is 14.7 Å². The standard InChI is InChI=1S/C16H26NO5/c1-7-11-21-14(19)10-8-9-12(2)16(20)22-15(13(3)18)17(4,5)6/h7-8,10,13,15,18H,1-2,9,11H2,3-6H3/q+1. The summed E-state index contributed by atoms with van der Waals surface area (Å²) in [6.07, 6.45) is 2.79. The lowest BCUT2D eigenvalue weighted by molar-refractivity contribution is -0.920. The summed E-state index contributed by atoms with van der Waals surface area (Å²) in [4.78, 5) is 23.2. The second kappa shape index (κ2) is 9.17. The predicted molar refractivity (Wildman–Crippen MR) is 83.6 cm³/mol. The van der Waals surface area contributed by atoms with Crippen molar-refractivity contribution in [3.05, 3.63) is 37.0 Å². The van der Waals surface area contributed by atoms with Crippen LogP contribution in [0.5, 0.6) is 0 Å². The van der Waals surface area contributed by atoms with E-state index in [1.807, 2.05) is 21.1 Å². The van der Waals surface area contributed by atoms with Crippen LogP contribution >= 0.6 is 0 Å². The molecule has 0 aliphatic rings. The molecule has 0 aromatic heterocycles. The number of allylic oxidation sites excluding steroid dienone is 1. The number of ether oxygens (including phenoxy) is 2. The Hall–Kier alpha value is -1.92. The van der Waals surface area contributed by atoms with Gasteiger partial charge in [-0.25, -0.2) is 9.59 Å². The van der Waals surface area contributed by atoms with Crippen molar-refractivity contribution in [1.29, 1.82) is 0 Å². The number of quaternary nitrogens is 1. The first-order valence-corrected chi connectivity index (χ1v) is 6.91. The number of hydrogen-bond donors (Lipinski definition) is 1. The number of nitrogens with zero attached hydrogens (tertiary/aromatic N) is 1. The molecule has 0 rings (SSSR count). The molecule has 1 N–H and O–H groups in total. The molecule has 0 aromatic rings. The quantitative estimate of drug-likeness (QED) is 0.227. The highest BCUT2D eigenvalue weighted by Gasteiger charge is 2.32. The van der Waals surface area contributed by atoms with E-state index in [-0.39, 0.29) is 23.1 Å². The Labute approximate surface area is 131 Å². The van der Waals surface area contributed by atoms with Crippen LogP contribution in [0.25, 0.3) is 0 Å². The Kier molecular flexibility index (Phi) is 8.37. The highest BCUT2D eigenvalue weighted by molar-refractivity contribution is 5.88. The Bertz CT molecular complexity index is 446. The second-order valence-electron chi connectivity index (χ2n) is 5.78. The minimum Gasteiger partial charge on any atom is -0.458 e. The number of aliphatic hydroxyl groups excluding tert-OH is 1. The van der Waals surface area contributed by atoms with E-state index < -0.39 is 24.3 Å². The van der Waals surface area contributed by atoms with Gasteiger partial charge in [0.2, 0.25) is 0 Å². The zero-order valence-electron chi connectivity index (χ0n) is 13.7. The highest BCUT2D eigenvalue weighted by Crippen LogP contribution is 2.13. The summed E-state index contributed by atoms with van der Waals surface area (Å²) in [6.45, 7) is 8.74. The maximum absolute atomic E-state index is 11.9. The maximum Gasteiger partial charge on any atom is 0.338 e. The van der Waals surface area contributed by atoms with Crippen LogP contribution in [0.15, 0.2) is 37.0 Å². The fourth-order valence-electron chi connectivity index (χ4n) is 1.67. The first kappa shape index (κ1) is 20.1. The van der Waals surface area contributed by atoms with Gasteiger partial charge in [-0.1, -0.05) is 25.3 Å². The molecule has 0 saturated carbocycles. The molecule has 0 amide bonds. The Morgan fingerprint density at radius 1 is 1.32 bits per heavy atom. The van der Waals surface area contributed by atoms with Crippen LogP contribution in [0, 0.1) is 0 Å². The normalized spacial score (nSPS) is 14.2. The van der Waals surface area contributed by atoms with Crippen LogP contribution in [0.4, 0.5) is 0 Å². The minimum absolute atomic E-state index is 0.131. The average molecular weight is 312 g/mol. The van der Waals surface area contributed by atoms with Gasteiger partial charge in [-0.2, -0.15) is 0 Å². The van der Waals surface area contributed by atoms with Gasteiger partial charge in [0, 0.05) is 11.6 Å². The Morgan fingerprint density at radius 2 is 1.91 bits per heavy atom. The summed E-state index contributed by atoms with van der Waals surface area (Å²) >= 11 is 0. The largest absolute Gasteiger partial charge is 0.458 e. The van der Waals surface area contributed by atoms with Crippen molar-refractivity contribution in [3.8, 4) is 0 Å². The zero-order valence-corrected chi connectivity index (χ0v) is 13.7. The fraction of sp³-hybridized carbons (Fsp3) is 0.500. The minimum atomic E-state index is -0.818. The zero-order chi connectivity index (χ0) is 17.3. The molecule has 2 atom stereocenters. The van der Waals surface area contributed by atoms with E-state index in [0.717, 1.165) is 0 Å². The third-order valence-corrected chi connectivity index (χ3v) is 2.65. The van der Waals surface area contributed by atoms with Crippen molar-refractivity contribution in [2.45, 2.75) is 25.7 Å². The molecule has 124 valence electrons. The maximum atomic E-state index is 11.9. The monoisotopic (exact) mass is 312 g/mol. The first-order chi connectivity index (χ1) is 10.1. The average Bonchev–Trinajstić information content (AvgIpc) is 2.40. The van der Waals surface area contributed by atoms with Crippen molar-refractivity contribution in [1.82, 2.24) is 0 Å². The third kappa shape index (κ3) is 7.75. The van der Waals surface area contributed by atoms with Gasteiger partial charge in [0.25, 0.3) is 6.23 Å². The number of carbonyl (C=O) groups is 2. The molecule has 6 nitrogen and oxygen atoms in total. The lowest BCUT2D eigenvalue weighted by Crippen LogP contribution is -2.53. The van der Waals surface area contributed by atoms with Gasteiger partial charge in [0.15, 0.2) is 0 Å². The fourth-order valence-corrected chi connectivity index (χ4v) is 1.67. The van der Waals surface area contributed by atoms with Crippen LogP contribution in [-0.4, -0.2) is 61.6 Å². The lowest BCUT2D eigenvalue weighted by Gasteiger charge is -2.34. The Balaban J connectivity index is 4.49. The summed E-state index contributed by atoms with van der Waals surface area (Å²) in [5.41, 5.74) is 0.187.